The molecule has 0 aliphatic heterocycles. The number of hydrogen-bond donors (Lipinski definition) is 3. The lowest BCUT2D eigenvalue weighted by Gasteiger charge is -2.44. The van der Waals surface area contributed by atoms with Crippen LogP contribution < -0.4 is 5.73 Å². The third-order valence-electron chi connectivity index (χ3n) is 3.15. The van der Waals surface area contributed by atoms with E-state index in [2.05, 4.69) is 0 Å². The summed E-state index contributed by atoms with van der Waals surface area (Å²) in [4.78, 5) is 23.6. The van der Waals surface area contributed by atoms with Crippen molar-refractivity contribution in [1.82, 2.24) is 0 Å². The second-order valence-corrected chi connectivity index (χ2v) is 6.70. The molecule has 0 saturated heterocycles. The number of nitrogens with two attached hydrogens (primary N) is 1. The van der Waals surface area contributed by atoms with Gasteiger partial charge in [-0.05, 0) is 26.2 Å². The van der Waals surface area contributed by atoms with Gasteiger partial charge in [0.15, 0.2) is 0 Å². The largest absolute Gasteiger partial charge is 0.480 e. The molecule has 6 heteroatoms. The fourth-order valence-corrected chi connectivity index (χ4v) is 1.88. The molecule has 0 aromatic rings. The number of aliphatic carboxylic acids is 1. The van der Waals surface area contributed by atoms with Crippen LogP contribution in [0.2, 0.25) is 0 Å². The first-order chi connectivity index (χ1) is 8.29. The fourth-order valence-electron chi connectivity index (χ4n) is 1.88. The number of aliphatic hydroxyl groups excluding tert-OH is 1. The van der Waals surface area contributed by atoms with Crippen molar-refractivity contribution in [3.63, 3.8) is 0 Å². The standard InChI is InChI=1S/C13H25NO5/c1-11(2,3)13(7-15,8(14)9(16)17)10(18)19-12(4,5)6/h8,15H,7,14H2,1-6H3,(H,16,17)/t8?,13-/m0/s1. The van der Waals surface area contributed by atoms with Crippen LogP contribution in [0.3, 0.4) is 0 Å². The summed E-state index contributed by atoms with van der Waals surface area (Å²) in [6, 6.07) is -1.55. The quantitative estimate of drug-likeness (QED) is 0.653. The second kappa shape index (κ2) is 5.46. The van der Waals surface area contributed by atoms with Gasteiger partial charge in [0.2, 0.25) is 0 Å². The number of ether oxygens (including phenoxy) is 1. The van der Waals surface area contributed by atoms with E-state index in [4.69, 9.17) is 15.6 Å². The van der Waals surface area contributed by atoms with E-state index in [9.17, 15) is 14.7 Å². The minimum atomic E-state index is -1.70. The van der Waals surface area contributed by atoms with E-state index in [-0.39, 0.29) is 0 Å². The first kappa shape index (κ1) is 17.9. The number of carboxylic acids is 1. The third kappa shape index (κ3) is 3.67. The predicted octanol–water partition coefficient (Wildman–Crippen LogP) is 0.765. The van der Waals surface area contributed by atoms with Crippen molar-refractivity contribution >= 4 is 11.9 Å². The highest BCUT2D eigenvalue weighted by atomic mass is 16.6. The molecule has 112 valence electrons. The third-order valence-corrected chi connectivity index (χ3v) is 3.15. The molecule has 2 atom stereocenters. The zero-order chi connectivity index (χ0) is 15.6. The normalized spacial score (nSPS) is 17.5. The Morgan fingerprint density at radius 1 is 1.16 bits per heavy atom. The number of carboxylic acid groups (broad SMARTS) is 1. The van der Waals surface area contributed by atoms with Crippen LogP contribution >= 0.6 is 0 Å². The Morgan fingerprint density at radius 3 is 1.79 bits per heavy atom. The molecule has 0 bridgehead atoms. The molecular weight excluding hydrogens is 250 g/mol. The Morgan fingerprint density at radius 2 is 1.58 bits per heavy atom. The van der Waals surface area contributed by atoms with Gasteiger partial charge in [0.25, 0.3) is 0 Å². The van der Waals surface area contributed by atoms with E-state index in [0.29, 0.717) is 0 Å². The van der Waals surface area contributed by atoms with Crippen LogP contribution in [0.25, 0.3) is 0 Å². The van der Waals surface area contributed by atoms with Crippen LogP contribution in [-0.4, -0.2) is 40.4 Å². The van der Waals surface area contributed by atoms with E-state index in [1.54, 1.807) is 41.5 Å². The summed E-state index contributed by atoms with van der Waals surface area (Å²) in [6.45, 7) is 9.26. The molecule has 0 radical (unpaired) electrons. The SMILES string of the molecule is CC(C)(C)OC(=O)[C@](CO)(C(N)C(=O)O)C(C)(C)C. The van der Waals surface area contributed by atoms with E-state index in [0.717, 1.165) is 0 Å². The summed E-state index contributed by atoms with van der Waals surface area (Å²) in [6.07, 6.45) is 0. The summed E-state index contributed by atoms with van der Waals surface area (Å²) >= 11 is 0. The van der Waals surface area contributed by atoms with Crippen molar-refractivity contribution in [3.05, 3.63) is 0 Å². The lowest BCUT2D eigenvalue weighted by atomic mass is 9.62. The van der Waals surface area contributed by atoms with Crippen molar-refractivity contribution < 1.29 is 24.5 Å². The molecule has 0 spiro atoms. The van der Waals surface area contributed by atoms with Gasteiger partial charge in [-0.2, -0.15) is 0 Å². The molecule has 1 unspecified atom stereocenters. The van der Waals surface area contributed by atoms with E-state index in [1.165, 1.54) is 0 Å². The smallest absolute Gasteiger partial charge is 0.321 e. The zero-order valence-electron chi connectivity index (χ0n) is 12.5. The van der Waals surface area contributed by atoms with Gasteiger partial charge < -0.3 is 20.7 Å². The molecule has 0 aromatic heterocycles. The molecule has 0 aliphatic rings. The first-order valence-corrected chi connectivity index (χ1v) is 6.12. The summed E-state index contributed by atoms with van der Waals surface area (Å²) in [5.41, 5.74) is 2.29. The van der Waals surface area contributed by atoms with Gasteiger partial charge in [-0.1, -0.05) is 20.8 Å². The lowest BCUT2D eigenvalue weighted by Crippen LogP contribution is -2.62. The molecular formula is C13H25NO5. The topological polar surface area (TPSA) is 110 Å². The average Bonchev–Trinajstić information content (AvgIpc) is 2.13. The van der Waals surface area contributed by atoms with Gasteiger partial charge in [0.1, 0.15) is 17.1 Å². The number of carbonyl (C=O) groups is 2. The molecule has 0 saturated carbocycles. The lowest BCUT2D eigenvalue weighted by molar-refractivity contribution is -0.186. The molecule has 0 aromatic carbocycles. The maximum absolute atomic E-state index is 12.4. The Bertz CT molecular complexity index is 353. The second-order valence-electron chi connectivity index (χ2n) is 6.70. The summed E-state index contributed by atoms with van der Waals surface area (Å²) in [7, 11) is 0. The number of hydrogen-bond acceptors (Lipinski definition) is 5. The fraction of sp³-hybridized carbons (Fsp3) is 0.846. The molecule has 0 heterocycles. The van der Waals surface area contributed by atoms with E-state index < -0.39 is 41.0 Å². The average molecular weight is 275 g/mol. The Labute approximate surface area is 113 Å². The number of rotatable bonds is 4. The Kier molecular flexibility index (Phi) is 5.14. The summed E-state index contributed by atoms with van der Waals surface area (Å²) in [5, 5.41) is 18.8. The summed E-state index contributed by atoms with van der Waals surface area (Å²) < 4.78 is 5.25. The molecule has 0 aliphatic carbocycles. The van der Waals surface area contributed by atoms with Gasteiger partial charge >= 0.3 is 11.9 Å². The Hall–Kier alpha value is -1.14. The minimum Gasteiger partial charge on any atom is -0.480 e. The predicted molar refractivity (Wildman–Crippen MR) is 70.4 cm³/mol. The molecule has 0 rings (SSSR count). The van der Waals surface area contributed by atoms with Gasteiger partial charge in [-0.25, -0.2) is 0 Å². The van der Waals surface area contributed by atoms with Crippen LogP contribution in [0.5, 0.6) is 0 Å². The maximum atomic E-state index is 12.4. The molecule has 0 amide bonds. The molecule has 4 N–H and O–H groups in total. The van der Waals surface area contributed by atoms with Crippen LogP contribution in [0.15, 0.2) is 0 Å². The zero-order valence-corrected chi connectivity index (χ0v) is 12.5. The molecule has 6 nitrogen and oxygen atoms in total. The van der Waals surface area contributed by atoms with Crippen molar-refractivity contribution in [3.8, 4) is 0 Å². The van der Waals surface area contributed by atoms with Crippen molar-refractivity contribution in [2.75, 3.05) is 6.61 Å². The highest BCUT2D eigenvalue weighted by molar-refractivity contribution is 5.88. The van der Waals surface area contributed by atoms with Gasteiger partial charge in [-0.15, -0.1) is 0 Å². The van der Waals surface area contributed by atoms with Gasteiger partial charge in [0.05, 0.1) is 6.61 Å². The van der Waals surface area contributed by atoms with Crippen molar-refractivity contribution in [1.29, 1.82) is 0 Å². The highest BCUT2D eigenvalue weighted by Crippen LogP contribution is 2.42. The molecule has 0 fully saturated rings. The van der Waals surface area contributed by atoms with Crippen LogP contribution in [0.1, 0.15) is 41.5 Å². The van der Waals surface area contributed by atoms with Crippen molar-refractivity contribution in [2.24, 2.45) is 16.6 Å². The Balaban J connectivity index is 5.76. The number of aliphatic hydroxyl groups is 1. The van der Waals surface area contributed by atoms with Crippen molar-refractivity contribution in [2.45, 2.75) is 53.2 Å². The van der Waals surface area contributed by atoms with Gasteiger partial charge in [-0.3, -0.25) is 9.59 Å². The number of carbonyl (C=O) groups excluding carboxylic acids is 1. The highest BCUT2D eigenvalue weighted by Gasteiger charge is 2.57. The first-order valence-electron chi connectivity index (χ1n) is 6.12. The van der Waals surface area contributed by atoms with Crippen LogP contribution in [0, 0.1) is 10.8 Å². The minimum absolute atomic E-state index is 0.696. The van der Waals surface area contributed by atoms with E-state index >= 15 is 0 Å². The maximum Gasteiger partial charge on any atom is 0.321 e. The van der Waals surface area contributed by atoms with Crippen LogP contribution in [-0.2, 0) is 14.3 Å². The van der Waals surface area contributed by atoms with Crippen LogP contribution in [0.4, 0.5) is 0 Å². The number of esters is 1. The van der Waals surface area contributed by atoms with E-state index in [1.807, 2.05) is 0 Å². The monoisotopic (exact) mass is 275 g/mol. The van der Waals surface area contributed by atoms with Gasteiger partial charge in [0, 0.05) is 0 Å². The molecule has 19 heavy (non-hydrogen) atoms. The summed E-state index contributed by atoms with van der Waals surface area (Å²) in [5.74, 6) is -2.15.